The Morgan fingerprint density at radius 1 is 1.24 bits per heavy atom. The average molecular weight is 235 g/mol. The summed E-state index contributed by atoms with van der Waals surface area (Å²) in [7, 11) is 0. The molecule has 0 aliphatic heterocycles. The van der Waals surface area contributed by atoms with Gasteiger partial charge in [-0.15, -0.1) is 0 Å². The van der Waals surface area contributed by atoms with Crippen molar-refractivity contribution < 1.29 is 0 Å². The second kappa shape index (κ2) is 5.37. The van der Waals surface area contributed by atoms with Crippen LogP contribution in [0, 0.1) is 17.2 Å². The molecular formula is C14H25N3. The number of hydrogen-bond acceptors (Lipinski definition) is 3. The van der Waals surface area contributed by atoms with E-state index in [0.717, 1.165) is 25.9 Å². The first-order valence-electron chi connectivity index (χ1n) is 7.14. The minimum atomic E-state index is -0.590. The predicted octanol–water partition coefficient (Wildman–Crippen LogP) is 2.27. The van der Waals surface area contributed by atoms with Crippen LogP contribution in [-0.4, -0.2) is 29.6 Å². The number of hydrogen-bond donors (Lipinski definition) is 1. The van der Waals surface area contributed by atoms with Crippen molar-refractivity contribution in [2.45, 2.75) is 63.5 Å². The molecule has 0 saturated heterocycles. The molecule has 0 bridgehead atoms. The average Bonchev–Trinajstić information content (AvgIpc) is 3.21. The molecule has 0 amide bonds. The molecule has 96 valence electrons. The number of nitrogens with zero attached hydrogens (tertiary/aromatic N) is 2. The fourth-order valence-electron chi connectivity index (χ4n) is 3.14. The normalized spacial score (nSPS) is 25.5. The molecule has 0 radical (unpaired) electrons. The fraction of sp³-hybridized carbons (Fsp3) is 0.929. The summed E-state index contributed by atoms with van der Waals surface area (Å²) in [4.78, 5) is 2.46. The highest BCUT2D eigenvalue weighted by molar-refractivity contribution is 5.15. The molecule has 2 aliphatic rings. The van der Waals surface area contributed by atoms with Crippen molar-refractivity contribution in [2.75, 3.05) is 13.1 Å². The van der Waals surface area contributed by atoms with Crippen LogP contribution in [0.3, 0.4) is 0 Å². The Morgan fingerprint density at radius 2 is 1.88 bits per heavy atom. The molecule has 2 fully saturated rings. The van der Waals surface area contributed by atoms with Crippen LogP contribution in [0.15, 0.2) is 0 Å². The maximum Gasteiger partial charge on any atom is 0.119 e. The van der Waals surface area contributed by atoms with E-state index in [-0.39, 0.29) is 0 Å². The first kappa shape index (κ1) is 12.9. The largest absolute Gasteiger partial charge is 0.312 e. The molecule has 2 rings (SSSR count). The predicted molar refractivity (Wildman–Crippen MR) is 69.4 cm³/mol. The molecule has 0 heterocycles. The van der Waals surface area contributed by atoms with Crippen molar-refractivity contribution in [3.63, 3.8) is 0 Å². The summed E-state index contributed by atoms with van der Waals surface area (Å²) in [5.74, 6) is 0.449. The van der Waals surface area contributed by atoms with Gasteiger partial charge >= 0.3 is 0 Å². The van der Waals surface area contributed by atoms with E-state index in [1.807, 2.05) is 0 Å². The summed E-state index contributed by atoms with van der Waals surface area (Å²) in [5, 5.41) is 9.34. The van der Waals surface area contributed by atoms with Crippen molar-refractivity contribution in [3.05, 3.63) is 0 Å². The van der Waals surface area contributed by atoms with Gasteiger partial charge in [0, 0.05) is 12.6 Å². The molecular weight excluding hydrogens is 210 g/mol. The molecule has 2 aliphatic carbocycles. The zero-order chi connectivity index (χ0) is 12.3. The highest BCUT2D eigenvalue weighted by Crippen LogP contribution is 2.39. The summed E-state index contributed by atoms with van der Waals surface area (Å²) < 4.78 is 0. The Bertz CT molecular complexity index is 286. The molecule has 0 aromatic heterocycles. The van der Waals surface area contributed by atoms with Crippen molar-refractivity contribution >= 4 is 0 Å². The maximum absolute atomic E-state index is 9.34. The fourth-order valence-corrected chi connectivity index (χ4v) is 3.14. The van der Waals surface area contributed by atoms with Crippen molar-refractivity contribution in [2.24, 2.45) is 11.7 Å². The van der Waals surface area contributed by atoms with Gasteiger partial charge < -0.3 is 5.73 Å². The van der Waals surface area contributed by atoms with Gasteiger partial charge in [-0.05, 0) is 38.1 Å². The maximum atomic E-state index is 9.34. The van der Waals surface area contributed by atoms with E-state index < -0.39 is 5.54 Å². The van der Waals surface area contributed by atoms with Crippen molar-refractivity contribution in [1.82, 2.24) is 4.90 Å². The van der Waals surface area contributed by atoms with Gasteiger partial charge in [0.2, 0.25) is 0 Å². The van der Waals surface area contributed by atoms with Gasteiger partial charge in [-0.2, -0.15) is 5.26 Å². The third-order valence-corrected chi connectivity index (χ3v) is 4.48. The monoisotopic (exact) mass is 235 g/mol. The number of likely N-dealkylation sites (N-methyl/N-ethyl adjacent to an activating group) is 1. The second-order valence-electron chi connectivity index (χ2n) is 5.78. The van der Waals surface area contributed by atoms with E-state index in [1.165, 1.54) is 32.1 Å². The highest BCUT2D eigenvalue weighted by Gasteiger charge is 2.44. The van der Waals surface area contributed by atoms with Crippen LogP contribution in [0.2, 0.25) is 0 Å². The Labute approximate surface area is 105 Å². The Hall–Kier alpha value is -0.590. The van der Waals surface area contributed by atoms with E-state index in [9.17, 15) is 5.26 Å². The van der Waals surface area contributed by atoms with E-state index in [4.69, 9.17) is 5.73 Å². The molecule has 0 aromatic carbocycles. The molecule has 1 unspecified atom stereocenters. The lowest BCUT2D eigenvalue weighted by Gasteiger charge is -2.37. The quantitative estimate of drug-likeness (QED) is 0.795. The smallest absolute Gasteiger partial charge is 0.119 e. The Balaban J connectivity index is 1.95. The molecule has 2 saturated carbocycles. The van der Waals surface area contributed by atoms with Crippen LogP contribution in [0.4, 0.5) is 0 Å². The van der Waals surface area contributed by atoms with E-state index in [1.54, 1.807) is 0 Å². The molecule has 3 nitrogen and oxygen atoms in total. The highest BCUT2D eigenvalue weighted by atomic mass is 15.2. The second-order valence-corrected chi connectivity index (χ2v) is 5.78. The molecule has 0 spiro atoms. The molecule has 17 heavy (non-hydrogen) atoms. The Kier molecular flexibility index (Phi) is 4.06. The van der Waals surface area contributed by atoms with Gasteiger partial charge in [0.1, 0.15) is 5.54 Å². The van der Waals surface area contributed by atoms with E-state index >= 15 is 0 Å². The third kappa shape index (κ3) is 3.00. The topological polar surface area (TPSA) is 53.0 Å². The van der Waals surface area contributed by atoms with Crippen LogP contribution in [0.1, 0.15) is 51.9 Å². The lowest BCUT2D eigenvalue weighted by atomic mass is 9.90. The summed E-state index contributed by atoms with van der Waals surface area (Å²) in [6.45, 7) is 3.99. The van der Waals surface area contributed by atoms with Crippen LogP contribution in [0.5, 0.6) is 0 Å². The Morgan fingerprint density at radius 3 is 2.35 bits per heavy atom. The zero-order valence-corrected chi connectivity index (χ0v) is 11.0. The van der Waals surface area contributed by atoms with Gasteiger partial charge in [0.25, 0.3) is 0 Å². The summed E-state index contributed by atoms with van der Waals surface area (Å²) in [6, 6.07) is 3.05. The number of nitrogens with two attached hydrogens (primary N) is 1. The molecule has 3 heteroatoms. The SMILES string of the molecule is CCN(CC(N)(C#N)C1CC1)C1CCCCC1. The molecule has 2 N–H and O–H groups in total. The lowest BCUT2D eigenvalue weighted by Crippen LogP contribution is -2.53. The van der Waals surface area contributed by atoms with Crippen molar-refractivity contribution in [3.8, 4) is 6.07 Å². The van der Waals surface area contributed by atoms with Gasteiger partial charge in [0.15, 0.2) is 0 Å². The first-order chi connectivity index (χ1) is 8.19. The minimum absolute atomic E-state index is 0.449. The zero-order valence-electron chi connectivity index (χ0n) is 11.0. The third-order valence-electron chi connectivity index (χ3n) is 4.48. The standard InChI is InChI=1S/C14H25N3/c1-2-17(13-6-4-3-5-7-13)11-14(16,10-15)12-8-9-12/h12-13H,2-9,11,16H2,1H3. The van der Waals surface area contributed by atoms with Gasteiger partial charge in [-0.25, -0.2) is 0 Å². The molecule has 1 atom stereocenters. The number of rotatable bonds is 5. The van der Waals surface area contributed by atoms with Crippen LogP contribution in [0.25, 0.3) is 0 Å². The summed E-state index contributed by atoms with van der Waals surface area (Å²) in [6.07, 6.45) is 8.94. The minimum Gasteiger partial charge on any atom is -0.312 e. The van der Waals surface area contributed by atoms with Crippen LogP contribution >= 0.6 is 0 Å². The van der Waals surface area contributed by atoms with Gasteiger partial charge in [-0.3, -0.25) is 4.90 Å². The van der Waals surface area contributed by atoms with Gasteiger partial charge in [0.05, 0.1) is 6.07 Å². The van der Waals surface area contributed by atoms with Crippen molar-refractivity contribution in [1.29, 1.82) is 5.26 Å². The summed E-state index contributed by atoms with van der Waals surface area (Å²) in [5.41, 5.74) is 5.69. The first-order valence-corrected chi connectivity index (χ1v) is 7.14. The van der Waals surface area contributed by atoms with E-state index in [2.05, 4.69) is 17.9 Å². The van der Waals surface area contributed by atoms with Crippen LogP contribution < -0.4 is 5.73 Å². The van der Waals surface area contributed by atoms with Gasteiger partial charge in [-0.1, -0.05) is 26.2 Å². The summed E-state index contributed by atoms with van der Waals surface area (Å²) >= 11 is 0. The lowest BCUT2D eigenvalue weighted by molar-refractivity contribution is 0.136. The number of nitriles is 1. The van der Waals surface area contributed by atoms with E-state index in [0.29, 0.717) is 12.0 Å². The van der Waals surface area contributed by atoms with Crippen LogP contribution in [-0.2, 0) is 0 Å². The molecule has 0 aromatic rings.